The van der Waals surface area contributed by atoms with Crippen LogP contribution in [0.5, 0.6) is 5.75 Å². The summed E-state index contributed by atoms with van der Waals surface area (Å²) >= 11 is 1.34. The predicted molar refractivity (Wildman–Crippen MR) is 83.7 cm³/mol. The molecule has 21 heavy (non-hydrogen) atoms. The van der Waals surface area contributed by atoms with E-state index >= 15 is 0 Å². The second-order valence-corrected chi connectivity index (χ2v) is 5.41. The monoisotopic (exact) mass is 312 g/mol. The second-order valence-electron chi connectivity index (χ2n) is 4.31. The smallest absolute Gasteiger partial charge is 0.243 e. The molecule has 2 amide bonds. The SMILES string of the molecule is COc1cccc(NC(=O)CN(C)C(=O)CSCCO)c1. The number of hydrogen-bond acceptors (Lipinski definition) is 5. The molecule has 0 bridgehead atoms. The number of amides is 2. The molecule has 1 aromatic rings. The van der Waals surface area contributed by atoms with E-state index in [-0.39, 0.29) is 30.7 Å². The highest BCUT2D eigenvalue weighted by Crippen LogP contribution is 2.16. The fourth-order valence-electron chi connectivity index (χ4n) is 1.54. The molecule has 2 N–H and O–H groups in total. The first-order chi connectivity index (χ1) is 10.1. The molecular weight excluding hydrogens is 292 g/mol. The zero-order chi connectivity index (χ0) is 15.7. The molecule has 7 heteroatoms. The molecule has 6 nitrogen and oxygen atoms in total. The average Bonchev–Trinajstić information content (AvgIpc) is 2.47. The van der Waals surface area contributed by atoms with Crippen molar-refractivity contribution < 1.29 is 19.4 Å². The Morgan fingerprint density at radius 1 is 1.43 bits per heavy atom. The van der Waals surface area contributed by atoms with Crippen LogP contribution in [0.1, 0.15) is 0 Å². The van der Waals surface area contributed by atoms with Gasteiger partial charge in [-0.05, 0) is 12.1 Å². The van der Waals surface area contributed by atoms with Crippen molar-refractivity contribution in [2.45, 2.75) is 0 Å². The van der Waals surface area contributed by atoms with Crippen LogP contribution >= 0.6 is 11.8 Å². The lowest BCUT2D eigenvalue weighted by Crippen LogP contribution is -2.36. The molecule has 0 fully saturated rings. The third-order valence-electron chi connectivity index (χ3n) is 2.62. The van der Waals surface area contributed by atoms with Crippen LogP contribution < -0.4 is 10.1 Å². The molecule has 0 saturated carbocycles. The van der Waals surface area contributed by atoms with Gasteiger partial charge in [0.1, 0.15) is 5.75 Å². The predicted octanol–water partition coefficient (Wildman–Crippen LogP) is 0.818. The van der Waals surface area contributed by atoms with Crippen LogP contribution in [0.2, 0.25) is 0 Å². The number of carbonyl (C=O) groups is 2. The molecule has 0 heterocycles. The van der Waals surface area contributed by atoms with Crippen molar-refractivity contribution in [2.24, 2.45) is 0 Å². The zero-order valence-electron chi connectivity index (χ0n) is 12.2. The highest BCUT2D eigenvalue weighted by Gasteiger charge is 2.13. The Kier molecular flexibility index (Phi) is 7.63. The van der Waals surface area contributed by atoms with Gasteiger partial charge in [0.2, 0.25) is 11.8 Å². The minimum absolute atomic E-state index is 0.0181. The highest BCUT2D eigenvalue weighted by molar-refractivity contribution is 7.99. The lowest BCUT2D eigenvalue weighted by Gasteiger charge is -2.16. The Bertz CT molecular complexity index is 482. The summed E-state index contributed by atoms with van der Waals surface area (Å²) in [7, 11) is 3.13. The number of anilines is 1. The van der Waals surface area contributed by atoms with E-state index in [0.29, 0.717) is 17.2 Å². The van der Waals surface area contributed by atoms with Crippen molar-refractivity contribution in [3.63, 3.8) is 0 Å². The first kappa shape index (κ1) is 17.3. The molecule has 0 aromatic heterocycles. The topological polar surface area (TPSA) is 78.9 Å². The number of ether oxygens (including phenoxy) is 1. The molecule has 0 saturated heterocycles. The van der Waals surface area contributed by atoms with Crippen LogP contribution in [0, 0.1) is 0 Å². The summed E-state index contributed by atoms with van der Waals surface area (Å²) in [6.45, 7) is 0.0215. The average molecular weight is 312 g/mol. The standard InChI is InChI=1S/C14H20N2O4S/c1-16(14(19)10-21-7-6-17)9-13(18)15-11-4-3-5-12(8-11)20-2/h3-5,8,17H,6-7,9-10H2,1-2H3,(H,15,18). The van der Waals surface area contributed by atoms with Crippen molar-refractivity contribution in [2.75, 3.05) is 44.1 Å². The van der Waals surface area contributed by atoms with Gasteiger partial charge in [-0.3, -0.25) is 9.59 Å². The van der Waals surface area contributed by atoms with Gasteiger partial charge in [0, 0.05) is 24.6 Å². The van der Waals surface area contributed by atoms with E-state index in [1.165, 1.54) is 16.7 Å². The summed E-state index contributed by atoms with van der Waals surface area (Å²) in [4.78, 5) is 25.0. The number of thioether (sulfide) groups is 1. The minimum Gasteiger partial charge on any atom is -0.497 e. The molecule has 0 radical (unpaired) electrons. The van der Waals surface area contributed by atoms with Crippen molar-refractivity contribution in [3.8, 4) is 5.75 Å². The Morgan fingerprint density at radius 3 is 2.86 bits per heavy atom. The maximum absolute atomic E-state index is 11.9. The fraction of sp³-hybridized carbons (Fsp3) is 0.429. The van der Waals surface area contributed by atoms with Crippen LogP contribution in [-0.2, 0) is 9.59 Å². The number of aliphatic hydroxyl groups excluding tert-OH is 1. The zero-order valence-corrected chi connectivity index (χ0v) is 13.0. The summed E-state index contributed by atoms with van der Waals surface area (Å²) in [6, 6.07) is 7.01. The molecule has 0 aliphatic heterocycles. The molecule has 0 atom stereocenters. The first-order valence-electron chi connectivity index (χ1n) is 6.43. The second kappa shape index (κ2) is 9.25. The van der Waals surface area contributed by atoms with E-state index in [0.717, 1.165) is 0 Å². The Labute approximate surface area is 128 Å². The number of carbonyl (C=O) groups excluding carboxylic acids is 2. The molecule has 116 valence electrons. The summed E-state index contributed by atoms with van der Waals surface area (Å²) in [5.41, 5.74) is 0.620. The van der Waals surface area contributed by atoms with Crippen LogP contribution in [0.4, 0.5) is 5.69 Å². The fourth-order valence-corrected chi connectivity index (χ4v) is 2.21. The number of hydrogen-bond donors (Lipinski definition) is 2. The Hall–Kier alpha value is -1.73. The van der Waals surface area contributed by atoms with E-state index in [1.807, 2.05) is 0 Å². The van der Waals surface area contributed by atoms with Crippen molar-refractivity contribution in [1.29, 1.82) is 0 Å². The van der Waals surface area contributed by atoms with E-state index in [4.69, 9.17) is 9.84 Å². The van der Waals surface area contributed by atoms with Gasteiger partial charge >= 0.3 is 0 Å². The van der Waals surface area contributed by atoms with E-state index in [1.54, 1.807) is 38.4 Å². The van der Waals surface area contributed by atoms with Crippen molar-refractivity contribution in [3.05, 3.63) is 24.3 Å². The number of methoxy groups -OCH3 is 1. The quantitative estimate of drug-likeness (QED) is 0.695. The molecular formula is C14H20N2O4S. The summed E-state index contributed by atoms with van der Waals surface area (Å²) in [6.07, 6.45) is 0. The molecule has 1 rings (SSSR count). The lowest BCUT2D eigenvalue weighted by molar-refractivity contribution is -0.131. The third kappa shape index (κ3) is 6.50. The molecule has 0 aliphatic rings. The van der Waals surface area contributed by atoms with Gasteiger partial charge in [-0.1, -0.05) is 6.07 Å². The van der Waals surface area contributed by atoms with Gasteiger partial charge in [-0.15, -0.1) is 11.8 Å². The van der Waals surface area contributed by atoms with Gasteiger partial charge in [0.05, 0.1) is 26.0 Å². The highest BCUT2D eigenvalue weighted by atomic mass is 32.2. The van der Waals surface area contributed by atoms with Crippen LogP contribution in [0.3, 0.4) is 0 Å². The van der Waals surface area contributed by atoms with E-state index in [2.05, 4.69) is 5.32 Å². The van der Waals surface area contributed by atoms with Gasteiger partial charge in [-0.25, -0.2) is 0 Å². The van der Waals surface area contributed by atoms with Gasteiger partial charge in [0.15, 0.2) is 0 Å². The van der Waals surface area contributed by atoms with Crippen LogP contribution in [0.25, 0.3) is 0 Å². The number of rotatable bonds is 8. The maximum Gasteiger partial charge on any atom is 0.243 e. The van der Waals surface area contributed by atoms with Gasteiger partial charge in [0.25, 0.3) is 0 Å². The number of likely N-dealkylation sites (N-methyl/N-ethyl adjacent to an activating group) is 1. The normalized spacial score (nSPS) is 10.0. The molecule has 0 unspecified atom stereocenters. The van der Waals surface area contributed by atoms with Gasteiger partial charge in [-0.2, -0.15) is 0 Å². The van der Waals surface area contributed by atoms with Crippen molar-refractivity contribution >= 4 is 29.3 Å². The summed E-state index contributed by atoms with van der Waals surface area (Å²) < 4.78 is 5.07. The number of benzene rings is 1. The third-order valence-corrected chi connectivity index (χ3v) is 3.54. The summed E-state index contributed by atoms with van der Waals surface area (Å²) in [5, 5.41) is 11.4. The van der Waals surface area contributed by atoms with Gasteiger partial charge < -0.3 is 20.1 Å². The number of aliphatic hydroxyl groups is 1. The van der Waals surface area contributed by atoms with E-state index < -0.39 is 0 Å². The minimum atomic E-state index is -0.272. The number of nitrogens with zero attached hydrogens (tertiary/aromatic N) is 1. The van der Waals surface area contributed by atoms with Crippen molar-refractivity contribution in [1.82, 2.24) is 4.90 Å². The largest absolute Gasteiger partial charge is 0.497 e. The maximum atomic E-state index is 11.9. The molecule has 0 spiro atoms. The number of nitrogens with one attached hydrogen (secondary N) is 1. The Balaban J connectivity index is 2.43. The molecule has 0 aliphatic carbocycles. The van der Waals surface area contributed by atoms with Crippen LogP contribution in [-0.4, -0.2) is 60.6 Å². The van der Waals surface area contributed by atoms with Crippen LogP contribution in [0.15, 0.2) is 24.3 Å². The lowest BCUT2D eigenvalue weighted by atomic mass is 10.3. The van der Waals surface area contributed by atoms with E-state index in [9.17, 15) is 9.59 Å². The Morgan fingerprint density at radius 2 is 2.19 bits per heavy atom. The summed E-state index contributed by atoms with van der Waals surface area (Å²) in [5.74, 6) is 0.997. The molecule has 1 aromatic carbocycles. The first-order valence-corrected chi connectivity index (χ1v) is 7.58.